The fourth-order valence-corrected chi connectivity index (χ4v) is 3.29. The topological polar surface area (TPSA) is 94.7 Å². The molecule has 1 aliphatic heterocycles. The lowest BCUT2D eigenvalue weighted by Gasteiger charge is -2.23. The summed E-state index contributed by atoms with van der Waals surface area (Å²) in [6.07, 6.45) is 3.71. The minimum Gasteiger partial charge on any atom is -0.422 e. The fraction of sp³-hybridized carbons (Fsp3) is 0.211. The Balaban J connectivity index is 1.94. The first-order valence-electron chi connectivity index (χ1n) is 8.39. The van der Waals surface area contributed by atoms with Gasteiger partial charge in [0, 0.05) is 18.3 Å². The van der Waals surface area contributed by atoms with E-state index in [9.17, 15) is 5.26 Å². The lowest BCUT2D eigenvalue weighted by Crippen LogP contribution is -2.22. The van der Waals surface area contributed by atoms with Crippen molar-refractivity contribution < 1.29 is 4.74 Å². The van der Waals surface area contributed by atoms with E-state index in [-0.39, 0.29) is 11.8 Å². The predicted molar refractivity (Wildman–Crippen MR) is 95.5 cm³/mol. The monoisotopic (exact) mass is 346 g/mol. The molecule has 7 heteroatoms. The van der Waals surface area contributed by atoms with Gasteiger partial charge in [-0.2, -0.15) is 15.5 Å². The van der Waals surface area contributed by atoms with Crippen LogP contribution in [0.3, 0.4) is 0 Å². The molecule has 1 aliphatic rings. The molecule has 0 spiro atoms. The summed E-state index contributed by atoms with van der Waals surface area (Å²) >= 11 is 0. The maximum Gasteiger partial charge on any atom is 0.229 e. The zero-order valence-electron chi connectivity index (χ0n) is 14.5. The molecule has 0 saturated heterocycles. The van der Waals surface area contributed by atoms with Crippen LogP contribution >= 0.6 is 0 Å². The summed E-state index contributed by atoms with van der Waals surface area (Å²) in [5, 5.41) is 18.7. The normalized spacial score (nSPS) is 16.1. The molecule has 1 unspecified atom stereocenters. The van der Waals surface area contributed by atoms with Gasteiger partial charge in [0.05, 0.1) is 29.1 Å². The van der Waals surface area contributed by atoms with Crippen LogP contribution in [0.1, 0.15) is 29.7 Å². The molecular weight excluding hydrogens is 328 g/mol. The van der Waals surface area contributed by atoms with E-state index in [0.717, 1.165) is 29.1 Å². The van der Waals surface area contributed by atoms with E-state index >= 15 is 0 Å². The van der Waals surface area contributed by atoms with Crippen LogP contribution in [0.4, 0.5) is 0 Å². The molecule has 0 amide bonds. The van der Waals surface area contributed by atoms with Gasteiger partial charge in [0.2, 0.25) is 11.8 Å². The van der Waals surface area contributed by atoms with Crippen LogP contribution in [0.15, 0.2) is 54.2 Å². The number of aromatic nitrogens is 4. The lowest BCUT2D eigenvalue weighted by atomic mass is 9.86. The third-order valence-electron chi connectivity index (χ3n) is 4.54. The number of hydrogen-bond donors (Lipinski definition) is 1. The third-order valence-corrected chi connectivity index (χ3v) is 4.54. The van der Waals surface area contributed by atoms with Crippen molar-refractivity contribution in [3.63, 3.8) is 0 Å². The number of rotatable bonds is 3. The van der Waals surface area contributed by atoms with E-state index in [2.05, 4.69) is 16.3 Å². The SMILES string of the molecule is CCn1cc(C2C(C#N)=C(N)Oc3c2c(C)nn3-c2ccccc2)cn1. The quantitative estimate of drug-likeness (QED) is 0.786. The van der Waals surface area contributed by atoms with Crippen LogP contribution < -0.4 is 10.5 Å². The molecule has 0 bridgehead atoms. The molecule has 2 N–H and O–H groups in total. The minimum atomic E-state index is -0.346. The summed E-state index contributed by atoms with van der Waals surface area (Å²) in [7, 11) is 0. The molecule has 3 heterocycles. The molecule has 0 aliphatic carbocycles. The van der Waals surface area contributed by atoms with Gasteiger partial charge in [0.25, 0.3) is 0 Å². The van der Waals surface area contributed by atoms with Gasteiger partial charge >= 0.3 is 0 Å². The van der Waals surface area contributed by atoms with Crippen LogP contribution in [-0.4, -0.2) is 19.6 Å². The molecule has 1 atom stereocenters. The summed E-state index contributed by atoms with van der Waals surface area (Å²) in [5.41, 5.74) is 9.87. The maximum atomic E-state index is 9.68. The molecule has 0 saturated carbocycles. The van der Waals surface area contributed by atoms with E-state index in [1.54, 1.807) is 10.9 Å². The number of ether oxygens (including phenoxy) is 1. The molecule has 4 rings (SSSR count). The van der Waals surface area contributed by atoms with Crippen molar-refractivity contribution in [2.45, 2.75) is 26.3 Å². The number of benzene rings is 1. The number of allylic oxidation sites excluding steroid dienone is 1. The van der Waals surface area contributed by atoms with E-state index in [1.165, 1.54) is 0 Å². The van der Waals surface area contributed by atoms with Crippen molar-refractivity contribution >= 4 is 0 Å². The van der Waals surface area contributed by atoms with Crippen molar-refractivity contribution in [2.24, 2.45) is 5.73 Å². The van der Waals surface area contributed by atoms with Gasteiger partial charge in [-0.3, -0.25) is 4.68 Å². The van der Waals surface area contributed by atoms with Crippen molar-refractivity contribution in [2.75, 3.05) is 0 Å². The first kappa shape index (κ1) is 16.0. The molecule has 0 fully saturated rings. The number of nitrogens with zero attached hydrogens (tertiary/aromatic N) is 5. The highest BCUT2D eigenvalue weighted by Crippen LogP contribution is 2.44. The smallest absolute Gasteiger partial charge is 0.229 e. The Morgan fingerprint density at radius 3 is 2.73 bits per heavy atom. The fourth-order valence-electron chi connectivity index (χ4n) is 3.29. The predicted octanol–water partition coefficient (Wildman–Crippen LogP) is 2.62. The molecule has 26 heavy (non-hydrogen) atoms. The Morgan fingerprint density at radius 1 is 1.31 bits per heavy atom. The number of nitriles is 1. The molecular formula is C19H18N6O. The van der Waals surface area contributed by atoms with Gasteiger partial charge in [-0.25, -0.2) is 4.68 Å². The maximum absolute atomic E-state index is 9.68. The van der Waals surface area contributed by atoms with Crippen LogP contribution in [-0.2, 0) is 6.54 Å². The molecule has 1 aromatic carbocycles. The second-order valence-corrected chi connectivity index (χ2v) is 6.11. The average Bonchev–Trinajstić information content (AvgIpc) is 3.26. The second-order valence-electron chi connectivity index (χ2n) is 6.11. The first-order valence-corrected chi connectivity index (χ1v) is 8.39. The van der Waals surface area contributed by atoms with Gasteiger partial charge in [-0.15, -0.1) is 0 Å². The van der Waals surface area contributed by atoms with Crippen molar-refractivity contribution in [1.29, 1.82) is 5.26 Å². The largest absolute Gasteiger partial charge is 0.422 e. The molecule has 2 aromatic heterocycles. The molecule has 7 nitrogen and oxygen atoms in total. The van der Waals surface area contributed by atoms with E-state index < -0.39 is 0 Å². The Labute approximate surface area is 150 Å². The lowest BCUT2D eigenvalue weighted by molar-refractivity contribution is 0.367. The van der Waals surface area contributed by atoms with E-state index in [1.807, 2.05) is 55.1 Å². The highest BCUT2D eigenvalue weighted by atomic mass is 16.5. The van der Waals surface area contributed by atoms with Gasteiger partial charge in [0.1, 0.15) is 11.6 Å². The van der Waals surface area contributed by atoms with Crippen molar-refractivity contribution in [3.05, 3.63) is 71.0 Å². The Morgan fingerprint density at radius 2 is 2.08 bits per heavy atom. The van der Waals surface area contributed by atoms with Crippen LogP contribution in [0.25, 0.3) is 5.69 Å². The Kier molecular flexibility index (Phi) is 3.73. The Hall–Kier alpha value is -3.53. The van der Waals surface area contributed by atoms with Gasteiger partial charge < -0.3 is 10.5 Å². The average molecular weight is 346 g/mol. The van der Waals surface area contributed by atoms with Crippen molar-refractivity contribution in [1.82, 2.24) is 19.6 Å². The van der Waals surface area contributed by atoms with Gasteiger partial charge in [-0.05, 0) is 26.0 Å². The summed E-state index contributed by atoms with van der Waals surface area (Å²) in [4.78, 5) is 0. The van der Waals surface area contributed by atoms with E-state index in [4.69, 9.17) is 10.5 Å². The van der Waals surface area contributed by atoms with Crippen LogP contribution in [0.2, 0.25) is 0 Å². The van der Waals surface area contributed by atoms with E-state index in [0.29, 0.717) is 11.5 Å². The van der Waals surface area contributed by atoms with Crippen molar-refractivity contribution in [3.8, 4) is 17.6 Å². The van der Waals surface area contributed by atoms with Gasteiger partial charge in [-0.1, -0.05) is 18.2 Å². The zero-order valence-corrected chi connectivity index (χ0v) is 14.5. The number of para-hydroxylation sites is 1. The number of nitrogens with two attached hydrogens (primary N) is 1. The van der Waals surface area contributed by atoms with Crippen LogP contribution in [0, 0.1) is 18.3 Å². The molecule has 0 radical (unpaired) electrons. The molecule has 130 valence electrons. The first-order chi connectivity index (χ1) is 12.6. The zero-order chi connectivity index (χ0) is 18.3. The number of hydrogen-bond acceptors (Lipinski definition) is 5. The third kappa shape index (κ3) is 2.35. The number of fused-ring (bicyclic) bond motifs is 1. The van der Waals surface area contributed by atoms with Crippen LogP contribution in [0.5, 0.6) is 5.88 Å². The highest BCUT2D eigenvalue weighted by Gasteiger charge is 2.36. The Bertz CT molecular complexity index is 1040. The second kappa shape index (κ2) is 6.08. The summed E-state index contributed by atoms with van der Waals surface area (Å²) in [5.74, 6) is 0.298. The number of aryl methyl sites for hydroxylation is 2. The standard InChI is InChI=1S/C19H18N6O/c1-3-24-11-13(10-22-24)17-15(9-20)18(21)26-19-16(17)12(2)23-25(19)14-7-5-4-6-8-14/h4-8,10-11,17H,3,21H2,1-2H3. The summed E-state index contributed by atoms with van der Waals surface area (Å²) in [6, 6.07) is 11.9. The summed E-state index contributed by atoms with van der Waals surface area (Å²) < 4.78 is 9.39. The minimum absolute atomic E-state index is 0.103. The highest BCUT2D eigenvalue weighted by molar-refractivity contribution is 5.56. The summed E-state index contributed by atoms with van der Waals surface area (Å²) in [6.45, 7) is 4.68. The molecule has 3 aromatic rings. The van der Waals surface area contributed by atoms with Gasteiger partial charge in [0.15, 0.2) is 0 Å².